The molecule has 0 saturated heterocycles. The van der Waals surface area contributed by atoms with E-state index in [-0.39, 0.29) is 22.8 Å². The number of ether oxygens (including phenoxy) is 1. The Balaban J connectivity index is 2.38. The van der Waals surface area contributed by atoms with Crippen LogP contribution in [-0.4, -0.2) is 26.5 Å². The number of nitro groups is 1. The maximum Gasteiger partial charge on any atom is 0.321 e. The first-order chi connectivity index (χ1) is 9.60. The third-order valence-electron chi connectivity index (χ3n) is 2.34. The van der Waals surface area contributed by atoms with Crippen LogP contribution in [0.25, 0.3) is 11.4 Å². The van der Waals surface area contributed by atoms with Crippen LogP contribution in [0.4, 0.5) is 5.69 Å². The van der Waals surface area contributed by atoms with Gasteiger partial charge in [-0.05, 0) is 18.0 Å². The average molecular weight is 295 g/mol. The topological polar surface area (TPSA) is 91.0 Å². The molecule has 0 amide bonds. The SMILES string of the molecule is CCCOc1nc(Cl)nc(-c2cccc([N+](=O)[O-])c2)n1. The molecule has 8 heteroatoms. The summed E-state index contributed by atoms with van der Waals surface area (Å²) in [5, 5.41) is 10.7. The second-order valence-electron chi connectivity index (χ2n) is 3.87. The van der Waals surface area contributed by atoms with Gasteiger partial charge in [-0.15, -0.1) is 0 Å². The van der Waals surface area contributed by atoms with Crippen molar-refractivity contribution in [2.75, 3.05) is 6.61 Å². The van der Waals surface area contributed by atoms with Crippen molar-refractivity contribution in [3.63, 3.8) is 0 Å². The molecule has 0 saturated carbocycles. The summed E-state index contributed by atoms with van der Waals surface area (Å²) in [5.41, 5.74) is 0.430. The zero-order valence-electron chi connectivity index (χ0n) is 10.6. The van der Waals surface area contributed by atoms with E-state index < -0.39 is 4.92 Å². The highest BCUT2D eigenvalue weighted by atomic mass is 35.5. The summed E-state index contributed by atoms with van der Waals surface area (Å²) >= 11 is 5.81. The van der Waals surface area contributed by atoms with Crippen molar-refractivity contribution in [2.45, 2.75) is 13.3 Å². The molecule has 20 heavy (non-hydrogen) atoms. The van der Waals surface area contributed by atoms with Crippen molar-refractivity contribution < 1.29 is 9.66 Å². The Hall–Kier alpha value is -2.28. The predicted molar refractivity (Wildman–Crippen MR) is 72.7 cm³/mol. The third kappa shape index (κ3) is 3.39. The van der Waals surface area contributed by atoms with Gasteiger partial charge in [0.15, 0.2) is 5.82 Å². The molecule has 0 bridgehead atoms. The summed E-state index contributed by atoms with van der Waals surface area (Å²) in [7, 11) is 0. The summed E-state index contributed by atoms with van der Waals surface area (Å²) in [6, 6.07) is 6.07. The molecule has 104 valence electrons. The van der Waals surface area contributed by atoms with Gasteiger partial charge in [-0.1, -0.05) is 19.1 Å². The molecular formula is C12H11ClN4O3. The maximum atomic E-state index is 10.8. The largest absolute Gasteiger partial charge is 0.463 e. The standard InChI is InChI=1S/C12H11ClN4O3/c1-2-6-20-12-15-10(14-11(13)16-12)8-4-3-5-9(7-8)17(18)19/h3-5,7H,2,6H2,1H3. The van der Waals surface area contributed by atoms with Gasteiger partial charge in [-0.25, -0.2) is 0 Å². The molecule has 0 N–H and O–H groups in total. The third-order valence-corrected chi connectivity index (χ3v) is 2.51. The van der Waals surface area contributed by atoms with E-state index in [0.717, 1.165) is 6.42 Å². The van der Waals surface area contributed by atoms with Gasteiger partial charge >= 0.3 is 6.01 Å². The van der Waals surface area contributed by atoms with Crippen LogP contribution in [0.1, 0.15) is 13.3 Å². The Morgan fingerprint density at radius 3 is 2.85 bits per heavy atom. The molecule has 7 nitrogen and oxygen atoms in total. The first kappa shape index (κ1) is 14.1. The fraction of sp³-hybridized carbons (Fsp3) is 0.250. The molecular weight excluding hydrogens is 284 g/mol. The van der Waals surface area contributed by atoms with Crippen molar-refractivity contribution in [2.24, 2.45) is 0 Å². The highest BCUT2D eigenvalue weighted by Crippen LogP contribution is 2.23. The number of hydrogen-bond donors (Lipinski definition) is 0. The molecule has 0 aliphatic heterocycles. The lowest BCUT2D eigenvalue weighted by Gasteiger charge is -2.05. The number of benzene rings is 1. The summed E-state index contributed by atoms with van der Waals surface area (Å²) in [5.74, 6) is 0.236. The molecule has 0 aliphatic carbocycles. The zero-order valence-corrected chi connectivity index (χ0v) is 11.4. The number of halogens is 1. The summed E-state index contributed by atoms with van der Waals surface area (Å²) in [6.07, 6.45) is 0.801. The van der Waals surface area contributed by atoms with E-state index >= 15 is 0 Å². The minimum atomic E-state index is -0.485. The van der Waals surface area contributed by atoms with Gasteiger partial charge in [-0.2, -0.15) is 15.0 Å². The lowest BCUT2D eigenvalue weighted by Crippen LogP contribution is -2.03. The van der Waals surface area contributed by atoms with E-state index in [2.05, 4.69) is 15.0 Å². The summed E-state index contributed by atoms with van der Waals surface area (Å²) in [6.45, 7) is 2.40. The minimum Gasteiger partial charge on any atom is -0.463 e. The molecule has 0 fully saturated rings. The maximum absolute atomic E-state index is 10.8. The molecule has 1 aromatic heterocycles. The van der Waals surface area contributed by atoms with Gasteiger partial charge in [0.2, 0.25) is 5.28 Å². The summed E-state index contributed by atoms with van der Waals surface area (Å²) in [4.78, 5) is 22.2. The molecule has 0 atom stereocenters. The quantitative estimate of drug-likeness (QED) is 0.622. The zero-order chi connectivity index (χ0) is 14.5. The first-order valence-corrected chi connectivity index (χ1v) is 6.27. The van der Waals surface area contributed by atoms with Gasteiger partial charge in [0.05, 0.1) is 11.5 Å². The fourth-order valence-electron chi connectivity index (χ4n) is 1.48. The number of rotatable bonds is 5. The fourth-order valence-corrected chi connectivity index (χ4v) is 1.63. The van der Waals surface area contributed by atoms with Gasteiger partial charge in [0.25, 0.3) is 5.69 Å². The second kappa shape index (κ2) is 6.25. The predicted octanol–water partition coefficient (Wildman–Crippen LogP) is 2.89. The highest BCUT2D eigenvalue weighted by molar-refractivity contribution is 6.28. The Labute approximate surface area is 119 Å². The Morgan fingerprint density at radius 2 is 2.15 bits per heavy atom. The van der Waals surface area contributed by atoms with E-state index in [1.807, 2.05) is 6.92 Å². The molecule has 2 rings (SSSR count). The number of aromatic nitrogens is 3. The number of nitrogens with zero attached hydrogens (tertiary/aromatic N) is 4. The lowest BCUT2D eigenvalue weighted by molar-refractivity contribution is -0.384. The van der Waals surface area contributed by atoms with Crippen LogP contribution < -0.4 is 4.74 Å². The molecule has 1 heterocycles. The van der Waals surface area contributed by atoms with Crippen LogP contribution in [-0.2, 0) is 0 Å². The van der Waals surface area contributed by atoms with Crippen LogP contribution in [0.5, 0.6) is 6.01 Å². The molecule has 0 aliphatic rings. The second-order valence-corrected chi connectivity index (χ2v) is 4.20. The number of non-ortho nitro benzene ring substituents is 1. The molecule has 1 aromatic carbocycles. The van der Waals surface area contributed by atoms with E-state index in [9.17, 15) is 10.1 Å². The highest BCUT2D eigenvalue weighted by Gasteiger charge is 2.12. The summed E-state index contributed by atoms with van der Waals surface area (Å²) < 4.78 is 5.30. The van der Waals surface area contributed by atoms with E-state index in [1.165, 1.54) is 12.1 Å². The van der Waals surface area contributed by atoms with Crippen molar-refractivity contribution >= 4 is 17.3 Å². The van der Waals surface area contributed by atoms with Crippen LogP contribution in [0, 0.1) is 10.1 Å². The van der Waals surface area contributed by atoms with E-state index in [0.29, 0.717) is 12.2 Å². The van der Waals surface area contributed by atoms with Crippen molar-refractivity contribution in [1.82, 2.24) is 15.0 Å². The first-order valence-electron chi connectivity index (χ1n) is 5.89. The van der Waals surface area contributed by atoms with Crippen LogP contribution in [0.15, 0.2) is 24.3 Å². The molecule has 2 aromatic rings. The van der Waals surface area contributed by atoms with Gasteiger partial charge in [0, 0.05) is 17.7 Å². The van der Waals surface area contributed by atoms with Gasteiger partial charge < -0.3 is 4.74 Å². The van der Waals surface area contributed by atoms with Gasteiger partial charge in [0.1, 0.15) is 0 Å². The van der Waals surface area contributed by atoms with Crippen molar-refractivity contribution in [3.05, 3.63) is 39.7 Å². The van der Waals surface area contributed by atoms with Crippen LogP contribution in [0.3, 0.4) is 0 Å². The average Bonchev–Trinajstić information content (AvgIpc) is 2.44. The van der Waals surface area contributed by atoms with Crippen LogP contribution in [0.2, 0.25) is 5.28 Å². The Morgan fingerprint density at radius 1 is 1.35 bits per heavy atom. The smallest absolute Gasteiger partial charge is 0.321 e. The number of hydrogen-bond acceptors (Lipinski definition) is 6. The minimum absolute atomic E-state index is 0.0207. The molecule has 0 spiro atoms. The molecule has 0 radical (unpaired) electrons. The number of nitro benzene ring substituents is 1. The normalized spacial score (nSPS) is 10.3. The van der Waals surface area contributed by atoms with Crippen molar-refractivity contribution in [3.8, 4) is 17.4 Å². The van der Waals surface area contributed by atoms with Crippen LogP contribution >= 0.6 is 11.6 Å². The van der Waals surface area contributed by atoms with E-state index in [4.69, 9.17) is 16.3 Å². The van der Waals surface area contributed by atoms with E-state index in [1.54, 1.807) is 12.1 Å². The Bertz CT molecular complexity index is 636. The monoisotopic (exact) mass is 294 g/mol. The van der Waals surface area contributed by atoms with Crippen molar-refractivity contribution in [1.29, 1.82) is 0 Å². The lowest BCUT2D eigenvalue weighted by atomic mass is 10.2. The Kier molecular flexibility index (Phi) is 4.41. The molecule has 0 unspecified atom stereocenters. The van der Waals surface area contributed by atoms with Gasteiger partial charge in [-0.3, -0.25) is 10.1 Å².